The molecule has 0 saturated carbocycles. The van der Waals surface area contributed by atoms with E-state index in [1.165, 1.54) is 0 Å². The first kappa shape index (κ1) is 39.6. The number of rotatable bonds is 15. The Kier molecular flexibility index (Phi) is 14.0. The predicted molar refractivity (Wildman–Crippen MR) is 191 cm³/mol. The summed E-state index contributed by atoms with van der Waals surface area (Å²) < 4.78 is 0. The molecule has 270 valence electrons. The van der Waals surface area contributed by atoms with E-state index in [4.69, 9.17) is 0 Å². The monoisotopic (exact) mass is 689 g/mol. The van der Waals surface area contributed by atoms with Gasteiger partial charge >= 0.3 is 6.09 Å². The number of benzene rings is 2. The zero-order valence-corrected chi connectivity index (χ0v) is 29.6. The fourth-order valence-electron chi connectivity index (χ4n) is 5.66. The third kappa shape index (κ3) is 12.3. The fourth-order valence-corrected chi connectivity index (χ4v) is 5.66. The Morgan fingerprint density at radius 1 is 0.700 bits per heavy atom. The standard InChI is InChI=1S/C38H51N5O7/c1-37(2,3)32(42-31(46)23-44)35(48)41-29(21-24-12-8-7-9-13-24)30(45)22-27(40-34(47)33(38(4,5)6)43-36(49)50)20-25-15-17-26(18-16-25)28-14-10-11-19-39-28/h7-19,27,29-30,32-33,43-45H,20-23H2,1-6H3,(H,40,47)(H,41,48)(H,42,46)(H,49,50)/t27-,29-,30-,32+,33+/m0/s1. The molecule has 0 saturated heterocycles. The smallest absolute Gasteiger partial charge is 0.405 e. The van der Waals surface area contributed by atoms with Crippen LogP contribution < -0.4 is 21.3 Å². The maximum absolute atomic E-state index is 13.7. The molecule has 0 aliphatic rings. The summed E-state index contributed by atoms with van der Waals surface area (Å²) in [6, 6.07) is 18.9. The van der Waals surface area contributed by atoms with Crippen LogP contribution in [0.25, 0.3) is 11.3 Å². The molecule has 3 rings (SSSR count). The number of carbonyl (C=O) groups excluding carboxylic acids is 3. The van der Waals surface area contributed by atoms with E-state index >= 15 is 0 Å². The van der Waals surface area contributed by atoms with Crippen molar-refractivity contribution in [3.8, 4) is 11.3 Å². The first-order valence-electron chi connectivity index (χ1n) is 16.7. The van der Waals surface area contributed by atoms with Crippen LogP contribution >= 0.6 is 0 Å². The Bertz CT molecular complexity index is 1550. The highest BCUT2D eigenvalue weighted by atomic mass is 16.4. The molecule has 2 aromatic carbocycles. The number of aliphatic hydroxyl groups is 2. The van der Waals surface area contributed by atoms with Gasteiger partial charge in [-0.2, -0.15) is 0 Å². The summed E-state index contributed by atoms with van der Waals surface area (Å²) in [5.41, 5.74) is 1.90. The molecule has 1 aromatic heterocycles. The molecule has 12 heteroatoms. The molecule has 50 heavy (non-hydrogen) atoms. The largest absolute Gasteiger partial charge is 0.465 e. The third-order valence-electron chi connectivity index (χ3n) is 8.33. The van der Waals surface area contributed by atoms with E-state index < -0.39 is 71.5 Å². The van der Waals surface area contributed by atoms with Crippen LogP contribution in [0.15, 0.2) is 79.0 Å². The minimum Gasteiger partial charge on any atom is -0.465 e. The van der Waals surface area contributed by atoms with E-state index in [9.17, 15) is 34.5 Å². The van der Waals surface area contributed by atoms with E-state index in [1.807, 2.05) is 72.8 Å². The molecule has 3 aromatic rings. The quantitative estimate of drug-likeness (QED) is 0.126. The summed E-state index contributed by atoms with van der Waals surface area (Å²) in [4.78, 5) is 55.5. The van der Waals surface area contributed by atoms with Crippen molar-refractivity contribution in [1.82, 2.24) is 26.3 Å². The molecule has 1 heterocycles. The summed E-state index contributed by atoms with van der Waals surface area (Å²) >= 11 is 0. The van der Waals surface area contributed by atoms with E-state index in [0.29, 0.717) is 6.42 Å². The SMILES string of the molecule is CC(C)(C)[C@H](NC(=O)O)C(=O)N[C@@H](Cc1ccc(-c2ccccn2)cc1)C[C@H](O)[C@H](Cc1ccccc1)NC(=O)[C@@H](NC(=O)CO)C(C)(C)C. The van der Waals surface area contributed by atoms with Crippen LogP contribution in [0.5, 0.6) is 0 Å². The Morgan fingerprint density at radius 3 is 1.80 bits per heavy atom. The number of amides is 4. The Hall–Kier alpha value is -4.81. The predicted octanol–water partition coefficient (Wildman–Crippen LogP) is 3.46. The van der Waals surface area contributed by atoms with Gasteiger partial charge in [0.25, 0.3) is 0 Å². The maximum Gasteiger partial charge on any atom is 0.405 e. The average Bonchev–Trinajstić information content (AvgIpc) is 3.05. The van der Waals surface area contributed by atoms with Crippen LogP contribution in [-0.2, 0) is 27.2 Å². The minimum atomic E-state index is -1.34. The van der Waals surface area contributed by atoms with Gasteiger partial charge in [-0.15, -0.1) is 0 Å². The third-order valence-corrected chi connectivity index (χ3v) is 8.33. The normalized spacial score (nSPS) is 14.7. The van der Waals surface area contributed by atoms with Crippen molar-refractivity contribution in [3.63, 3.8) is 0 Å². The van der Waals surface area contributed by atoms with Gasteiger partial charge in [0.05, 0.1) is 17.8 Å². The molecule has 4 amide bonds. The van der Waals surface area contributed by atoms with Crippen LogP contribution in [0.4, 0.5) is 4.79 Å². The first-order chi connectivity index (χ1) is 23.5. The minimum absolute atomic E-state index is 0.00136. The van der Waals surface area contributed by atoms with Crippen LogP contribution in [0.3, 0.4) is 0 Å². The molecule has 0 unspecified atom stereocenters. The summed E-state index contributed by atoms with van der Waals surface area (Å²) in [5.74, 6) is -1.80. The molecular weight excluding hydrogens is 638 g/mol. The van der Waals surface area contributed by atoms with E-state index in [0.717, 1.165) is 22.4 Å². The molecular formula is C38H51N5O7. The van der Waals surface area contributed by atoms with Crippen molar-refractivity contribution in [2.45, 2.75) is 91.1 Å². The lowest BCUT2D eigenvalue weighted by molar-refractivity contribution is -0.133. The van der Waals surface area contributed by atoms with Crippen LogP contribution in [0, 0.1) is 10.8 Å². The highest BCUT2D eigenvalue weighted by molar-refractivity contribution is 5.89. The zero-order valence-electron chi connectivity index (χ0n) is 29.6. The number of pyridine rings is 1. The Labute approximate surface area is 294 Å². The molecule has 12 nitrogen and oxygen atoms in total. The first-order valence-corrected chi connectivity index (χ1v) is 16.7. The van der Waals surface area contributed by atoms with E-state index in [1.54, 1.807) is 47.7 Å². The van der Waals surface area contributed by atoms with Gasteiger partial charge in [0, 0.05) is 17.8 Å². The van der Waals surface area contributed by atoms with E-state index in [2.05, 4.69) is 26.3 Å². The topological polar surface area (TPSA) is 190 Å². The van der Waals surface area contributed by atoms with Gasteiger partial charge < -0.3 is 36.6 Å². The van der Waals surface area contributed by atoms with Gasteiger partial charge in [0.1, 0.15) is 18.7 Å². The lowest BCUT2D eigenvalue weighted by atomic mass is 9.85. The number of carbonyl (C=O) groups is 4. The number of nitrogens with one attached hydrogen (secondary N) is 4. The van der Waals surface area contributed by atoms with Gasteiger partial charge in [0.2, 0.25) is 17.7 Å². The van der Waals surface area contributed by atoms with Crippen LogP contribution in [0.1, 0.15) is 59.1 Å². The number of aliphatic hydroxyl groups excluding tert-OH is 2. The van der Waals surface area contributed by atoms with Crippen molar-refractivity contribution in [2.24, 2.45) is 10.8 Å². The van der Waals surface area contributed by atoms with Crippen LogP contribution in [-0.4, -0.2) is 81.0 Å². The highest BCUT2D eigenvalue weighted by Crippen LogP contribution is 2.23. The fraction of sp³-hybridized carbons (Fsp3) is 0.447. The maximum atomic E-state index is 13.7. The number of nitrogens with zero attached hydrogens (tertiary/aromatic N) is 1. The summed E-state index contributed by atoms with van der Waals surface area (Å²) in [7, 11) is 0. The van der Waals surface area contributed by atoms with Gasteiger partial charge in [-0.25, -0.2) is 4.79 Å². The second-order valence-electron chi connectivity index (χ2n) is 14.7. The van der Waals surface area contributed by atoms with E-state index in [-0.39, 0.29) is 12.8 Å². The van der Waals surface area contributed by atoms with Gasteiger partial charge in [-0.05, 0) is 53.4 Å². The summed E-state index contributed by atoms with van der Waals surface area (Å²) in [6.07, 6.45) is -0.289. The summed E-state index contributed by atoms with van der Waals surface area (Å²) in [5, 5.41) is 41.4. The molecule has 5 atom stereocenters. The molecule has 0 fully saturated rings. The average molecular weight is 690 g/mol. The molecule has 0 bridgehead atoms. The zero-order chi connectivity index (χ0) is 37.1. The summed E-state index contributed by atoms with van der Waals surface area (Å²) in [6.45, 7) is 9.80. The lowest BCUT2D eigenvalue weighted by Crippen LogP contribution is -2.59. The van der Waals surface area contributed by atoms with Crippen molar-refractivity contribution in [1.29, 1.82) is 0 Å². The van der Waals surface area contributed by atoms with Crippen molar-refractivity contribution in [3.05, 3.63) is 90.1 Å². The Morgan fingerprint density at radius 2 is 1.26 bits per heavy atom. The second kappa shape index (κ2) is 17.7. The second-order valence-corrected chi connectivity index (χ2v) is 14.7. The molecule has 0 spiro atoms. The molecule has 0 aliphatic carbocycles. The van der Waals surface area contributed by atoms with Crippen molar-refractivity contribution < 1.29 is 34.5 Å². The van der Waals surface area contributed by atoms with Crippen molar-refractivity contribution in [2.75, 3.05) is 6.61 Å². The molecule has 0 aliphatic heterocycles. The van der Waals surface area contributed by atoms with Gasteiger partial charge in [-0.3, -0.25) is 19.4 Å². The molecule has 0 radical (unpaired) electrons. The number of aromatic nitrogens is 1. The lowest BCUT2D eigenvalue weighted by Gasteiger charge is -2.35. The highest BCUT2D eigenvalue weighted by Gasteiger charge is 2.37. The number of carboxylic acid groups (broad SMARTS) is 1. The molecule has 7 N–H and O–H groups in total. The van der Waals surface area contributed by atoms with Gasteiger partial charge in [-0.1, -0.05) is 102 Å². The van der Waals surface area contributed by atoms with Gasteiger partial charge in [0.15, 0.2) is 0 Å². The Balaban J connectivity index is 1.95. The van der Waals surface area contributed by atoms with Crippen molar-refractivity contribution >= 4 is 23.8 Å². The number of hydrogen-bond acceptors (Lipinski definition) is 7. The van der Waals surface area contributed by atoms with Crippen LogP contribution in [0.2, 0.25) is 0 Å². The number of hydrogen-bond donors (Lipinski definition) is 7.